The van der Waals surface area contributed by atoms with E-state index in [0.717, 1.165) is 12.1 Å². The molecule has 0 radical (unpaired) electrons. The molecular formula is C22H25ClN4O4. The molecule has 8 nitrogen and oxygen atoms in total. The molecule has 3 rings (SSSR count). The van der Waals surface area contributed by atoms with Gasteiger partial charge in [0.15, 0.2) is 0 Å². The summed E-state index contributed by atoms with van der Waals surface area (Å²) in [6, 6.07) is 9.67. The summed E-state index contributed by atoms with van der Waals surface area (Å²) in [6.07, 6.45) is 1.37. The number of benzene rings is 2. The van der Waals surface area contributed by atoms with E-state index < -0.39 is 10.8 Å². The number of nitro benzene ring substituents is 1. The molecule has 1 saturated heterocycles. The van der Waals surface area contributed by atoms with Crippen molar-refractivity contribution in [2.75, 3.05) is 36.4 Å². The van der Waals surface area contributed by atoms with Crippen molar-refractivity contribution >= 4 is 40.5 Å². The Morgan fingerprint density at radius 2 is 1.87 bits per heavy atom. The molecule has 1 heterocycles. The minimum Gasteiger partial charge on any atom is -0.366 e. The molecule has 1 fully saturated rings. The lowest BCUT2D eigenvalue weighted by molar-refractivity contribution is -0.385. The summed E-state index contributed by atoms with van der Waals surface area (Å²) in [5, 5.41) is 14.5. The smallest absolute Gasteiger partial charge is 0.273 e. The van der Waals surface area contributed by atoms with E-state index in [1.807, 2.05) is 17.9 Å². The van der Waals surface area contributed by atoms with E-state index in [9.17, 15) is 19.7 Å². The Balaban J connectivity index is 1.80. The standard InChI is InChI=1S/C22H25ClN4O4/c1-3-5-21(28)26-12-10-25(11-13-26)20-9-8-16(23)14-18(20)24-22(29)17-6-4-7-19(15(17)2)27(30)31/h4,6-9,14H,3,5,10-13H2,1-2H3,(H,24,29). The van der Waals surface area contributed by atoms with Crippen LogP contribution in [0, 0.1) is 17.0 Å². The van der Waals surface area contributed by atoms with Gasteiger partial charge in [-0.15, -0.1) is 0 Å². The van der Waals surface area contributed by atoms with E-state index in [2.05, 4.69) is 10.2 Å². The molecule has 0 unspecified atom stereocenters. The molecule has 164 valence electrons. The van der Waals surface area contributed by atoms with Crippen LogP contribution >= 0.6 is 11.6 Å². The third-order valence-corrected chi connectivity index (χ3v) is 5.63. The molecule has 1 N–H and O–H groups in total. The zero-order chi connectivity index (χ0) is 22.5. The number of anilines is 2. The highest BCUT2D eigenvalue weighted by atomic mass is 35.5. The first-order valence-electron chi connectivity index (χ1n) is 10.2. The van der Waals surface area contributed by atoms with E-state index in [4.69, 9.17) is 11.6 Å². The van der Waals surface area contributed by atoms with Gasteiger partial charge in [0.2, 0.25) is 5.91 Å². The molecule has 31 heavy (non-hydrogen) atoms. The zero-order valence-corrected chi connectivity index (χ0v) is 18.3. The number of nitro groups is 1. The number of amides is 2. The third-order valence-electron chi connectivity index (χ3n) is 5.39. The highest BCUT2D eigenvalue weighted by Crippen LogP contribution is 2.31. The third kappa shape index (κ3) is 5.14. The second-order valence-electron chi connectivity index (χ2n) is 7.44. The number of halogens is 1. The van der Waals surface area contributed by atoms with Crippen LogP contribution in [0.5, 0.6) is 0 Å². The van der Waals surface area contributed by atoms with Crippen LogP contribution in [0.25, 0.3) is 0 Å². The largest absolute Gasteiger partial charge is 0.366 e. The summed E-state index contributed by atoms with van der Waals surface area (Å²) in [7, 11) is 0. The SMILES string of the molecule is CCCC(=O)N1CCN(c2ccc(Cl)cc2NC(=O)c2cccc([N+](=O)[O-])c2C)CC1. The summed E-state index contributed by atoms with van der Waals surface area (Å²) >= 11 is 6.17. The predicted octanol–water partition coefficient (Wildman–Crippen LogP) is 4.26. The topological polar surface area (TPSA) is 95.8 Å². The van der Waals surface area contributed by atoms with Crippen molar-refractivity contribution in [3.05, 3.63) is 62.7 Å². The van der Waals surface area contributed by atoms with Gasteiger partial charge >= 0.3 is 0 Å². The van der Waals surface area contributed by atoms with Crippen LogP contribution in [0.4, 0.5) is 17.1 Å². The predicted molar refractivity (Wildman–Crippen MR) is 121 cm³/mol. The van der Waals surface area contributed by atoms with E-state index in [0.29, 0.717) is 48.9 Å². The molecule has 0 spiro atoms. The highest BCUT2D eigenvalue weighted by Gasteiger charge is 2.24. The summed E-state index contributed by atoms with van der Waals surface area (Å²) in [5.74, 6) is -0.283. The fourth-order valence-corrected chi connectivity index (χ4v) is 3.88. The monoisotopic (exact) mass is 444 g/mol. The Kier molecular flexibility index (Phi) is 7.12. The van der Waals surface area contributed by atoms with Gasteiger partial charge < -0.3 is 15.1 Å². The molecule has 0 atom stereocenters. The molecule has 1 aliphatic rings. The Morgan fingerprint density at radius 3 is 2.52 bits per heavy atom. The minimum atomic E-state index is -0.504. The second-order valence-corrected chi connectivity index (χ2v) is 7.88. The summed E-state index contributed by atoms with van der Waals surface area (Å²) in [5.41, 5.74) is 1.75. The molecule has 0 aromatic heterocycles. The molecule has 0 saturated carbocycles. The quantitative estimate of drug-likeness (QED) is 0.530. The number of carbonyl (C=O) groups is 2. The van der Waals surface area contributed by atoms with E-state index in [1.54, 1.807) is 25.1 Å². The average Bonchev–Trinajstić information content (AvgIpc) is 2.74. The van der Waals surface area contributed by atoms with Crippen LogP contribution in [-0.4, -0.2) is 47.8 Å². The van der Waals surface area contributed by atoms with Gasteiger partial charge in [-0.1, -0.05) is 24.6 Å². The van der Waals surface area contributed by atoms with Crippen LogP contribution in [0.1, 0.15) is 35.7 Å². The molecule has 2 amide bonds. The first kappa shape index (κ1) is 22.6. The van der Waals surface area contributed by atoms with Gasteiger partial charge in [-0.2, -0.15) is 0 Å². The van der Waals surface area contributed by atoms with Gasteiger partial charge in [0, 0.05) is 54.8 Å². The van der Waals surface area contributed by atoms with Crippen molar-refractivity contribution in [2.45, 2.75) is 26.7 Å². The van der Waals surface area contributed by atoms with Gasteiger partial charge in [-0.3, -0.25) is 19.7 Å². The van der Waals surface area contributed by atoms with E-state index >= 15 is 0 Å². The maximum absolute atomic E-state index is 12.9. The second kappa shape index (κ2) is 9.78. The van der Waals surface area contributed by atoms with Crippen molar-refractivity contribution in [3.8, 4) is 0 Å². The molecule has 9 heteroatoms. The Morgan fingerprint density at radius 1 is 1.16 bits per heavy atom. The zero-order valence-electron chi connectivity index (χ0n) is 17.6. The lowest BCUT2D eigenvalue weighted by Gasteiger charge is -2.37. The number of nitrogens with one attached hydrogen (secondary N) is 1. The van der Waals surface area contributed by atoms with Crippen LogP contribution < -0.4 is 10.2 Å². The minimum absolute atomic E-state index is 0.105. The van der Waals surface area contributed by atoms with Crippen LogP contribution in [0.2, 0.25) is 5.02 Å². The fraction of sp³-hybridized carbons (Fsp3) is 0.364. The number of hydrogen-bond acceptors (Lipinski definition) is 5. The Labute approximate surface area is 185 Å². The summed E-state index contributed by atoms with van der Waals surface area (Å²) in [4.78, 5) is 39.7. The van der Waals surface area contributed by atoms with Crippen molar-refractivity contribution < 1.29 is 14.5 Å². The molecule has 0 bridgehead atoms. The van der Waals surface area contributed by atoms with E-state index in [1.165, 1.54) is 12.1 Å². The average molecular weight is 445 g/mol. The van der Waals surface area contributed by atoms with Gasteiger partial charge in [0.1, 0.15) is 0 Å². The van der Waals surface area contributed by atoms with Crippen molar-refractivity contribution in [3.63, 3.8) is 0 Å². The van der Waals surface area contributed by atoms with Crippen LogP contribution in [0.3, 0.4) is 0 Å². The molecule has 2 aromatic carbocycles. The Bertz CT molecular complexity index is 1000. The number of carbonyl (C=O) groups excluding carboxylic acids is 2. The van der Waals surface area contributed by atoms with Crippen LogP contribution in [-0.2, 0) is 4.79 Å². The first-order chi connectivity index (χ1) is 14.8. The van der Waals surface area contributed by atoms with Gasteiger partial charge in [0.05, 0.1) is 16.3 Å². The van der Waals surface area contributed by atoms with Gasteiger partial charge in [0.25, 0.3) is 11.6 Å². The first-order valence-corrected chi connectivity index (χ1v) is 10.6. The fourth-order valence-electron chi connectivity index (χ4n) is 3.71. The molecule has 1 aliphatic heterocycles. The lowest BCUT2D eigenvalue weighted by atomic mass is 10.1. The van der Waals surface area contributed by atoms with Crippen molar-refractivity contribution in [2.24, 2.45) is 0 Å². The van der Waals surface area contributed by atoms with Gasteiger partial charge in [-0.05, 0) is 37.6 Å². The summed E-state index contributed by atoms with van der Waals surface area (Å²) < 4.78 is 0. The number of hydrogen-bond donors (Lipinski definition) is 1. The van der Waals surface area contributed by atoms with Crippen molar-refractivity contribution in [1.29, 1.82) is 0 Å². The lowest BCUT2D eigenvalue weighted by Crippen LogP contribution is -2.48. The maximum atomic E-state index is 12.9. The maximum Gasteiger partial charge on any atom is 0.273 e. The summed E-state index contributed by atoms with van der Waals surface area (Å²) in [6.45, 7) is 6.03. The van der Waals surface area contributed by atoms with Gasteiger partial charge in [-0.25, -0.2) is 0 Å². The van der Waals surface area contributed by atoms with Crippen LogP contribution in [0.15, 0.2) is 36.4 Å². The van der Waals surface area contributed by atoms with Crippen molar-refractivity contribution in [1.82, 2.24) is 4.90 Å². The molecular weight excluding hydrogens is 420 g/mol. The van der Waals surface area contributed by atoms with E-state index in [-0.39, 0.29) is 17.2 Å². The Hall–Kier alpha value is -3.13. The normalized spacial score (nSPS) is 13.8. The number of piperazine rings is 1. The molecule has 0 aliphatic carbocycles. The molecule has 2 aromatic rings. The highest BCUT2D eigenvalue weighted by molar-refractivity contribution is 6.31. The number of rotatable bonds is 6. The number of nitrogens with zero attached hydrogens (tertiary/aromatic N) is 3.